The molecule has 1 aromatic carbocycles. The van der Waals surface area contributed by atoms with Crippen LogP contribution in [0.1, 0.15) is 25.5 Å². The maximum atomic E-state index is 14.1. The molecule has 1 aromatic rings. The Morgan fingerprint density at radius 2 is 2.10 bits per heavy atom. The van der Waals surface area contributed by atoms with Gasteiger partial charge < -0.3 is 10.5 Å². The van der Waals surface area contributed by atoms with Crippen LogP contribution in [0.25, 0.3) is 0 Å². The number of benzene rings is 1. The Morgan fingerprint density at radius 3 is 2.60 bits per heavy atom. The van der Waals surface area contributed by atoms with E-state index in [0.29, 0.717) is 29.7 Å². The van der Waals surface area contributed by atoms with Gasteiger partial charge in [-0.05, 0) is 18.1 Å². The summed E-state index contributed by atoms with van der Waals surface area (Å²) < 4.78 is 19.2. The van der Waals surface area contributed by atoms with E-state index in [1.54, 1.807) is 19.2 Å². The van der Waals surface area contributed by atoms with Crippen LogP contribution in [0, 0.1) is 11.7 Å². The lowest BCUT2D eigenvalue weighted by atomic mass is 10.0. The van der Waals surface area contributed by atoms with E-state index in [4.69, 9.17) is 22.1 Å². The zero-order chi connectivity index (χ0) is 15.1. The Morgan fingerprint density at radius 1 is 1.40 bits per heavy atom. The van der Waals surface area contributed by atoms with E-state index in [1.165, 1.54) is 6.07 Å². The van der Waals surface area contributed by atoms with Crippen molar-refractivity contribution in [2.45, 2.75) is 19.9 Å². The van der Waals surface area contributed by atoms with Crippen molar-refractivity contribution < 1.29 is 9.13 Å². The molecule has 0 aliphatic heterocycles. The lowest BCUT2D eigenvalue weighted by Crippen LogP contribution is -2.38. The molecule has 0 saturated heterocycles. The molecule has 0 bridgehead atoms. The zero-order valence-electron chi connectivity index (χ0n) is 12.4. The van der Waals surface area contributed by atoms with Gasteiger partial charge in [-0.2, -0.15) is 0 Å². The number of methoxy groups -OCH3 is 1. The smallest absolute Gasteiger partial charge is 0.129 e. The molecule has 0 aliphatic rings. The molecule has 0 saturated carbocycles. The van der Waals surface area contributed by atoms with E-state index in [1.807, 2.05) is 0 Å². The summed E-state index contributed by atoms with van der Waals surface area (Å²) in [5.41, 5.74) is 6.47. The van der Waals surface area contributed by atoms with Crippen LogP contribution < -0.4 is 5.73 Å². The molecule has 1 unspecified atom stereocenters. The summed E-state index contributed by atoms with van der Waals surface area (Å²) >= 11 is 5.81. The highest BCUT2D eigenvalue weighted by molar-refractivity contribution is 6.30. The first-order chi connectivity index (χ1) is 9.49. The molecule has 1 atom stereocenters. The Bertz CT molecular complexity index is 415. The van der Waals surface area contributed by atoms with Gasteiger partial charge in [-0.15, -0.1) is 0 Å². The standard InChI is InChI=1S/C15H24ClFN2O/c1-11(2)10-19(6-7-20-3)15(9-18)13-5-4-12(16)8-14(13)17/h4-5,8,11,15H,6-7,9-10,18H2,1-3H3. The highest BCUT2D eigenvalue weighted by atomic mass is 35.5. The number of hydrogen-bond acceptors (Lipinski definition) is 3. The van der Waals surface area contributed by atoms with Gasteiger partial charge >= 0.3 is 0 Å². The molecule has 3 nitrogen and oxygen atoms in total. The molecular formula is C15H24ClFN2O. The molecule has 1 rings (SSSR count). The second kappa shape index (κ2) is 8.57. The highest BCUT2D eigenvalue weighted by Crippen LogP contribution is 2.25. The molecular weight excluding hydrogens is 279 g/mol. The molecule has 0 aliphatic carbocycles. The molecule has 0 fully saturated rings. The van der Waals surface area contributed by atoms with Crippen LogP contribution in [0.15, 0.2) is 18.2 Å². The lowest BCUT2D eigenvalue weighted by Gasteiger charge is -2.32. The molecule has 0 spiro atoms. The van der Waals surface area contributed by atoms with Gasteiger partial charge in [0.05, 0.1) is 12.6 Å². The van der Waals surface area contributed by atoms with Gasteiger partial charge in [0.15, 0.2) is 0 Å². The first-order valence-corrected chi connectivity index (χ1v) is 7.25. The van der Waals surface area contributed by atoms with Crippen molar-refractivity contribution in [3.63, 3.8) is 0 Å². The van der Waals surface area contributed by atoms with E-state index in [-0.39, 0.29) is 11.9 Å². The largest absolute Gasteiger partial charge is 0.383 e. The zero-order valence-corrected chi connectivity index (χ0v) is 13.2. The number of nitrogens with two attached hydrogens (primary N) is 1. The van der Waals surface area contributed by atoms with Gasteiger partial charge in [0.1, 0.15) is 5.82 Å². The Labute approximate surface area is 125 Å². The average molecular weight is 303 g/mol. The van der Waals surface area contributed by atoms with E-state index < -0.39 is 0 Å². The molecule has 0 radical (unpaired) electrons. The first kappa shape index (κ1) is 17.4. The number of halogens is 2. The molecule has 20 heavy (non-hydrogen) atoms. The first-order valence-electron chi connectivity index (χ1n) is 6.87. The maximum Gasteiger partial charge on any atom is 0.129 e. The fourth-order valence-electron chi connectivity index (χ4n) is 2.30. The second-order valence-corrected chi connectivity index (χ2v) is 5.74. The molecule has 5 heteroatoms. The summed E-state index contributed by atoms with van der Waals surface area (Å²) in [6.45, 7) is 6.77. The van der Waals surface area contributed by atoms with Crippen molar-refractivity contribution in [3.8, 4) is 0 Å². The Balaban J connectivity index is 2.98. The van der Waals surface area contributed by atoms with Gasteiger partial charge in [-0.25, -0.2) is 4.39 Å². The second-order valence-electron chi connectivity index (χ2n) is 5.30. The minimum atomic E-state index is -0.306. The van der Waals surface area contributed by atoms with Gasteiger partial charge in [0, 0.05) is 37.3 Å². The fraction of sp³-hybridized carbons (Fsp3) is 0.600. The SMILES string of the molecule is COCCN(CC(C)C)C(CN)c1ccc(Cl)cc1F. The third-order valence-corrected chi connectivity index (χ3v) is 3.40. The average Bonchev–Trinajstić information content (AvgIpc) is 2.38. The molecule has 0 aromatic heterocycles. The third kappa shape index (κ3) is 5.02. The molecule has 0 amide bonds. The normalized spacial score (nSPS) is 13.2. The summed E-state index contributed by atoms with van der Waals surface area (Å²) in [6.07, 6.45) is 0. The lowest BCUT2D eigenvalue weighted by molar-refractivity contribution is 0.110. The maximum absolute atomic E-state index is 14.1. The Hall–Kier alpha value is -0.680. The van der Waals surface area contributed by atoms with Crippen LogP contribution in [0.2, 0.25) is 5.02 Å². The summed E-state index contributed by atoms with van der Waals surface area (Å²) in [6, 6.07) is 4.59. The summed E-state index contributed by atoms with van der Waals surface area (Å²) in [5.74, 6) is 0.162. The molecule has 114 valence electrons. The third-order valence-electron chi connectivity index (χ3n) is 3.17. The molecule has 2 N–H and O–H groups in total. The van der Waals surface area contributed by atoms with Crippen molar-refractivity contribution in [1.82, 2.24) is 4.90 Å². The van der Waals surface area contributed by atoms with Gasteiger partial charge in [-0.1, -0.05) is 31.5 Å². The van der Waals surface area contributed by atoms with Crippen LogP contribution in [-0.4, -0.2) is 38.3 Å². The number of nitrogens with zero attached hydrogens (tertiary/aromatic N) is 1. The van der Waals surface area contributed by atoms with Crippen LogP contribution in [0.3, 0.4) is 0 Å². The number of hydrogen-bond donors (Lipinski definition) is 1. The minimum Gasteiger partial charge on any atom is -0.383 e. The summed E-state index contributed by atoms with van der Waals surface area (Å²) in [4.78, 5) is 2.17. The van der Waals surface area contributed by atoms with E-state index in [9.17, 15) is 4.39 Å². The van der Waals surface area contributed by atoms with Crippen molar-refractivity contribution in [3.05, 3.63) is 34.6 Å². The van der Waals surface area contributed by atoms with Gasteiger partial charge in [-0.3, -0.25) is 4.90 Å². The van der Waals surface area contributed by atoms with E-state index >= 15 is 0 Å². The van der Waals surface area contributed by atoms with Crippen LogP contribution >= 0.6 is 11.6 Å². The topological polar surface area (TPSA) is 38.5 Å². The predicted molar refractivity (Wildman–Crippen MR) is 81.5 cm³/mol. The van der Waals surface area contributed by atoms with E-state index in [2.05, 4.69) is 18.7 Å². The van der Waals surface area contributed by atoms with Crippen LogP contribution in [-0.2, 0) is 4.74 Å². The fourth-order valence-corrected chi connectivity index (χ4v) is 2.46. The van der Waals surface area contributed by atoms with Gasteiger partial charge in [0.25, 0.3) is 0 Å². The van der Waals surface area contributed by atoms with Crippen molar-refractivity contribution in [1.29, 1.82) is 0 Å². The molecule has 0 heterocycles. The van der Waals surface area contributed by atoms with E-state index in [0.717, 1.165) is 13.1 Å². The minimum absolute atomic E-state index is 0.162. The van der Waals surface area contributed by atoms with Crippen molar-refractivity contribution in [2.24, 2.45) is 11.7 Å². The predicted octanol–water partition coefficient (Wildman–Crippen LogP) is 3.08. The van der Waals surface area contributed by atoms with Crippen LogP contribution in [0.5, 0.6) is 0 Å². The summed E-state index contributed by atoms with van der Waals surface area (Å²) in [5, 5.41) is 0.398. The monoisotopic (exact) mass is 302 g/mol. The van der Waals surface area contributed by atoms with Gasteiger partial charge in [0.2, 0.25) is 0 Å². The number of ether oxygens (including phenoxy) is 1. The van der Waals surface area contributed by atoms with Crippen LogP contribution in [0.4, 0.5) is 4.39 Å². The highest BCUT2D eigenvalue weighted by Gasteiger charge is 2.22. The quantitative estimate of drug-likeness (QED) is 0.802. The number of rotatable bonds is 8. The Kier molecular flexibility index (Phi) is 7.45. The van der Waals surface area contributed by atoms with Crippen molar-refractivity contribution >= 4 is 11.6 Å². The summed E-state index contributed by atoms with van der Waals surface area (Å²) in [7, 11) is 1.66. The van der Waals surface area contributed by atoms with Crippen molar-refractivity contribution in [2.75, 3.05) is 33.4 Å².